The van der Waals surface area contributed by atoms with Crippen molar-refractivity contribution in [2.24, 2.45) is 11.7 Å². The first-order valence-electron chi connectivity index (χ1n) is 9.16. The van der Waals surface area contributed by atoms with Crippen molar-refractivity contribution in [3.63, 3.8) is 0 Å². The Morgan fingerprint density at radius 3 is 2.67 bits per heavy atom. The van der Waals surface area contributed by atoms with Gasteiger partial charge in [0.2, 0.25) is 11.8 Å². The second kappa shape index (κ2) is 9.04. The Morgan fingerprint density at radius 1 is 1.37 bits per heavy atom. The van der Waals surface area contributed by atoms with E-state index in [9.17, 15) is 24.3 Å². The average Bonchev–Trinajstić information content (AvgIpc) is 3.03. The summed E-state index contributed by atoms with van der Waals surface area (Å²) in [6.45, 7) is 1.28. The molecular formula is C20H21N3O6S. The van der Waals surface area contributed by atoms with Crippen LogP contribution in [0, 0.1) is 5.92 Å². The summed E-state index contributed by atoms with van der Waals surface area (Å²) in [4.78, 5) is 48.7. The smallest absolute Gasteiger partial charge is 0.404 e. The van der Waals surface area contributed by atoms with Gasteiger partial charge in [-0.15, -0.1) is 0 Å². The van der Waals surface area contributed by atoms with Crippen LogP contribution in [-0.2, 0) is 19.1 Å². The van der Waals surface area contributed by atoms with Crippen molar-refractivity contribution in [1.29, 1.82) is 0 Å². The summed E-state index contributed by atoms with van der Waals surface area (Å²) in [5, 5.41) is 13.7. The van der Waals surface area contributed by atoms with E-state index < -0.39 is 23.9 Å². The van der Waals surface area contributed by atoms with Crippen molar-refractivity contribution in [2.45, 2.75) is 25.3 Å². The SMILES string of the molecule is CC(=O)NC=CSC1=C(C(=O)O)N2C(=O)[C@@H]([C@H](COC(N)=O)c3ccccc3)[C@H]2C1. The molecular weight excluding hydrogens is 410 g/mol. The fraction of sp³-hybridized carbons (Fsp3) is 0.300. The fourth-order valence-electron chi connectivity index (χ4n) is 3.80. The molecule has 3 amide bonds. The highest BCUT2D eigenvalue weighted by molar-refractivity contribution is 8.05. The number of carbonyl (C=O) groups excluding carboxylic acids is 3. The van der Waals surface area contributed by atoms with Gasteiger partial charge in [0.15, 0.2) is 0 Å². The molecule has 0 aromatic heterocycles. The van der Waals surface area contributed by atoms with Gasteiger partial charge in [-0.1, -0.05) is 42.1 Å². The van der Waals surface area contributed by atoms with Crippen LogP contribution < -0.4 is 11.1 Å². The van der Waals surface area contributed by atoms with Crippen molar-refractivity contribution in [1.82, 2.24) is 10.2 Å². The first-order valence-corrected chi connectivity index (χ1v) is 10.0. The summed E-state index contributed by atoms with van der Waals surface area (Å²) < 4.78 is 5.00. The molecule has 1 saturated heterocycles. The van der Waals surface area contributed by atoms with Crippen LogP contribution in [-0.4, -0.2) is 46.5 Å². The number of primary amides is 1. The van der Waals surface area contributed by atoms with Gasteiger partial charge in [0, 0.05) is 30.4 Å². The van der Waals surface area contributed by atoms with E-state index >= 15 is 0 Å². The Kier molecular flexibility index (Phi) is 6.46. The van der Waals surface area contributed by atoms with Crippen molar-refractivity contribution in [2.75, 3.05) is 6.61 Å². The van der Waals surface area contributed by atoms with Gasteiger partial charge < -0.3 is 25.8 Å². The number of nitrogens with two attached hydrogens (primary N) is 1. The number of rotatable bonds is 8. The van der Waals surface area contributed by atoms with Gasteiger partial charge in [-0.25, -0.2) is 9.59 Å². The zero-order valence-electron chi connectivity index (χ0n) is 16.1. The largest absolute Gasteiger partial charge is 0.477 e. The van der Waals surface area contributed by atoms with Gasteiger partial charge in [0.1, 0.15) is 12.3 Å². The number of benzene rings is 1. The number of carbonyl (C=O) groups is 4. The lowest BCUT2D eigenvalue weighted by Gasteiger charge is -2.46. The van der Waals surface area contributed by atoms with Crippen LogP contribution >= 0.6 is 11.8 Å². The average molecular weight is 431 g/mol. The molecule has 0 unspecified atom stereocenters. The van der Waals surface area contributed by atoms with E-state index in [4.69, 9.17) is 10.5 Å². The Balaban J connectivity index is 1.82. The maximum atomic E-state index is 13.0. The van der Waals surface area contributed by atoms with Crippen LogP contribution in [0.25, 0.3) is 0 Å². The third-order valence-corrected chi connectivity index (χ3v) is 5.92. The maximum Gasteiger partial charge on any atom is 0.404 e. The number of ether oxygens (including phenoxy) is 1. The quantitative estimate of drug-likeness (QED) is 0.533. The molecule has 4 N–H and O–H groups in total. The lowest BCUT2D eigenvalue weighted by Crippen LogP contribution is -2.60. The molecule has 0 bridgehead atoms. The lowest BCUT2D eigenvalue weighted by atomic mass is 9.74. The van der Waals surface area contributed by atoms with Crippen LogP contribution in [0.4, 0.5) is 4.79 Å². The van der Waals surface area contributed by atoms with E-state index in [0.717, 1.165) is 17.3 Å². The third-order valence-electron chi connectivity index (χ3n) is 5.00. The van der Waals surface area contributed by atoms with Gasteiger partial charge in [-0.05, 0) is 11.0 Å². The van der Waals surface area contributed by atoms with Crippen LogP contribution in [0.5, 0.6) is 0 Å². The highest BCUT2D eigenvalue weighted by atomic mass is 32.2. The number of fused-ring (bicyclic) bond motifs is 1. The van der Waals surface area contributed by atoms with Gasteiger partial charge in [0.05, 0.1) is 12.0 Å². The monoisotopic (exact) mass is 431 g/mol. The molecule has 3 rings (SSSR count). The van der Waals surface area contributed by atoms with E-state index in [1.54, 1.807) is 5.41 Å². The summed E-state index contributed by atoms with van der Waals surface area (Å²) in [5.74, 6) is -2.75. The van der Waals surface area contributed by atoms with Crippen molar-refractivity contribution >= 4 is 35.6 Å². The fourth-order valence-corrected chi connectivity index (χ4v) is 4.66. The number of nitrogens with one attached hydrogen (secondary N) is 1. The summed E-state index contributed by atoms with van der Waals surface area (Å²) in [6, 6.07) is 8.77. The number of thioether (sulfide) groups is 1. The molecule has 1 aromatic rings. The number of hydrogen-bond acceptors (Lipinski definition) is 6. The first kappa shape index (κ1) is 21.4. The Hall–Kier alpha value is -3.27. The summed E-state index contributed by atoms with van der Waals surface area (Å²) >= 11 is 1.14. The summed E-state index contributed by atoms with van der Waals surface area (Å²) in [5.41, 5.74) is 5.86. The zero-order chi connectivity index (χ0) is 21.8. The number of amides is 3. The predicted molar refractivity (Wildman–Crippen MR) is 109 cm³/mol. The molecule has 158 valence electrons. The first-order chi connectivity index (χ1) is 14.3. The van der Waals surface area contributed by atoms with Crippen molar-refractivity contribution in [3.05, 3.63) is 58.1 Å². The standard InChI is InChI=1S/C20H21N3O6S/c1-11(24)22-7-8-30-15-9-14-16(18(25)23(14)17(15)19(26)27)13(10-29-20(21)28)12-5-3-2-4-6-12/h2-8,13-14,16H,9-10H2,1H3,(H2,21,28)(H,22,24)(H,26,27)/t13-,14-,16+/m1/s1. The molecule has 0 saturated carbocycles. The summed E-state index contributed by atoms with van der Waals surface area (Å²) in [7, 11) is 0. The number of hydrogen-bond donors (Lipinski definition) is 3. The number of nitrogens with zero attached hydrogens (tertiary/aromatic N) is 1. The Labute approximate surface area is 176 Å². The van der Waals surface area contributed by atoms with E-state index in [1.807, 2.05) is 30.3 Å². The molecule has 2 aliphatic rings. The molecule has 2 aliphatic heterocycles. The highest BCUT2D eigenvalue weighted by Gasteiger charge is 2.58. The van der Waals surface area contributed by atoms with Crippen LogP contribution in [0.1, 0.15) is 24.8 Å². The number of aliphatic carboxylic acids is 1. The molecule has 2 heterocycles. The van der Waals surface area contributed by atoms with E-state index in [2.05, 4.69) is 5.32 Å². The highest BCUT2D eigenvalue weighted by Crippen LogP contribution is 2.50. The Morgan fingerprint density at radius 2 is 2.07 bits per heavy atom. The van der Waals surface area contributed by atoms with Crippen molar-refractivity contribution in [3.8, 4) is 0 Å². The minimum absolute atomic E-state index is 0.0543. The molecule has 1 fully saturated rings. The zero-order valence-corrected chi connectivity index (χ0v) is 16.9. The second-order valence-corrected chi connectivity index (χ2v) is 7.85. The molecule has 3 atom stereocenters. The Bertz CT molecular complexity index is 930. The van der Waals surface area contributed by atoms with E-state index in [1.165, 1.54) is 18.0 Å². The van der Waals surface area contributed by atoms with Gasteiger partial charge in [-0.3, -0.25) is 9.59 Å². The van der Waals surface area contributed by atoms with E-state index in [-0.39, 0.29) is 30.2 Å². The normalized spacial score (nSPS) is 21.2. The summed E-state index contributed by atoms with van der Waals surface area (Å²) in [6.07, 6.45) is 0.837. The predicted octanol–water partition coefficient (Wildman–Crippen LogP) is 1.73. The molecule has 30 heavy (non-hydrogen) atoms. The number of β-lactam (4-membered cyclic amide) rings is 1. The minimum atomic E-state index is -1.19. The third kappa shape index (κ3) is 4.33. The maximum absolute atomic E-state index is 13.0. The van der Waals surface area contributed by atoms with Crippen LogP contribution in [0.2, 0.25) is 0 Å². The molecule has 0 spiro atoms. The molecule has 9 nitrogen and oxygen atoms in total. The minimum Gasteiger partial charge on any atom is -0.477 e. The van der Waals surface area contributed by atoms with Crippen LogP contribution in [0.15, 0.2) is 52.5 Å². The van der Waals surface area contributed by atoms with Gasteiger partial charge >= 0.3 is 12.1 Å². The van der Waals surface area contributed by atoms with Gasteiger partial charge in [-0.2, -0.15) is 0 Å². The van der Waals surface area contributed by atoms with E-state index in [0.29, 0.717) is 11.3 Å². The topological polar surface area (TPSA) is 139 Å². The molecule has 0 radical (unpaired) electrons. The number of carboxylic acid groups (broad SMARTS) is 1. The number of carboxylic acids is 1. The van der Waals surface area contributed by atoms with Crippen molar-refractivity contribution < 1.29 is 29.0 Å². The lowest BCUT2D eigenvalue weighted by molar-refractivity contribution is -0.157. The molecule has 0 aliphatic carbocycles. The molecule has 10 heteroatoms. The van der Waals surface area contributed by atoms with Gasteiger partial charge in [0.25, 0.3) is 0 Å². The second-order valence-electron chi connectivity index (χ2n) is 6.85. The van der Waals surface area contributed by atoms with Crippen LogP contribution in [0.3, 0.4) is 0 Å². The molecule has 1 aromatic carbocycles.